The summed E-state index contributed by atoms with van der Waals surface area (Å²) in [5, 5.41) is 126. The van der Waals surface area contributed by atoms with Crippen LogP contribution >= 0.6 is 0 Å². The molecule has 2 saturated heterocycles. The molecule has 0 spiro atoms. The number of aromatic nitrogens is 4. The SMILES string of the molecule is CNCC(C(N)O)C(O)C(c1cnc[nH]1)C1NC(=O)C(CO)C1CC1C(O)C(OC2OCC(O)C(O)C2O)C(C)(CO)C2CCC3(C)C(CC=C4C5CC(C)(CO)CCC5(C(=O)O)C5CNc6nc[nH]c6CC5C43C)C12C. The Morgan fingerprint density at radius 2 is 1.73 bits per heavy atom. The summed E-state index contributed by atoms with van der Waals surface area (Å²) in [4.78, 5) is 44.2. The van der Waals surface area contributed by atoms with Gasteiger partial charge in [0.1, 0.15) is 30.4 Å². The van der Waals surface area contributed by atoms with Gasteiger partial charge in [0.15, 0.2) is 6.29 Å². The Labute approximate surface area is 449 Å². The van der Waals surface area contributed by atoms with E-state index in [1.165, 1.54) is 12.5 Å². The van der Waals surface area contributed by atoms with Crippen molar-refractivity contribution in [3.63, 3.8) is 0 Å². The highest BCUT2D eigenvalue weighted by atomic mass is 16.7. The van der Waals surface area contributed by atoms with Gasteiger partial charge in [0.05, 0.1) is 67.8 Å². The van der Waals surface area contributed by atoms with Gasteiger partial charge in [-0.05, 0) is 121 Å². The summed E-state index contributed by atoms with van der Waals surface area (Å²) >= 11 is 0. The fourth-order valence-electron chi connectivity index (χ4n) is 18.8. The van der Waals surface area contributed by atoms with Crippen molar-refractivity contribution in [2.45, 2.75) is 147 Å². The van der Waals surface area contributed by atoms with Crippen LogP contribution in [0.25, 0.3) is 0 Å². The third kappa shape index (κ3) is 8.26. The average Bonchev–Trinajstić information content (AvgIpc) is 4.14. The first kappa shape index (κ1) is 56.6. The van der Waals surface area contributed by atoms with E-state index in [1.807, 2.05) is 6.92 Å². The lowest BCUT2D eigenvalue weighted by Crippen LogP contribution is -2.74. The molecule has 25 unspecified atom stereocenters. The fraction of sp³-hybridized carbons (Fsp3) is 0.818. The van der Waals surface area contributed by atoms with Crippen molar-refractivity contribution in [1.82, 2.24) is 30.6 Å². The van der Waals surface area contributed by atoms with E-state index in [4.69, 9.17) is 15.2 Å². The molecule has 430 valence electrons. The third-order valence-corrected chi connectivity index (χ3v) is 23.1. The van der Waals surface area contributed by atoms with Crippen LogP contribution in [0, 0.1) is 85.8 Å². The molecule has 0 bridgehead atoms. The van der Waals surface area contributed by atoms with Crippen LogP contribution in [0.15, 0.2) is 30.5 Å². The van der Waals surface area contributed by atoms with Crippen molar-refractivity contribution >= 4 is 17.7 Å². The number of nitrogens with two attached hydrogens (primary N) is 1. The number of carbonyl (C=O) groups is 2. The third-order valence-electron chi connectivity index (χ3n) is 23.1. The number of imidazole rings is 2. The number of allylic oxidation sites excluding steroid dienone is 2. The van der Waals surface area contributed by atoms with Gasteiger partial charge >= 0.3 is 5.97 Å². The predicted molar refractivity (Wildman–Crippen MR) is 276 cm³/mol. The number of carboxylic acids is 1. The predicted octanol–water partition coefficient (Wildman–Crippen LogP) is -0.224. The average molecular weight is 1080 g/mol. The number of H-pyrrole nitrogens is 2. The first-order valence-corrected chi connectivity index (χ1v) is 28.0. The zero-order chi connectivity index (χ0) is 55.5. The summed E-state index contributed by atoms with van der Waals surface area (Å²) in [5.41, 5.74) is 3.26. The molecule has 77 heavy (non-hydrogen) atoms. The number of ether oxygens (including phenoxy) is 2. The summed E-state index contributed by atoms with van der Waals surface area (Å²) in [6.45, 7) is 9.65. The molecule has 3 aliphatic heterocycles. The molecule has 0 aromatic carbocycles. The lowest BCUT2D eigenvalue weighted by Gasteiger charge is -2.75. The number of carboxylic acid groups (broad SMARTS) is 1. The molecule has 5 aliphatic carbocycles. The molecule has 10 rings (SSSR count). The lowest BCUT2D eigenvalue weighted by atomic mass is 9.29. The summed E-state index contributed by atoms with van der Waals surface area (Å²) in [7, 11) is 1.66. The fourth-order valence-corrected chi connectivity index (χ4v) is 18.8. The largest absolute Gasteiger partial charge is 0.481 e. The van der Waals surface area contributed by atoms with Crippen LogP contribution in [0.3, 0.4) is 0 Å². The highest BCUT2D eigenvalue weighted by Crippen LogP contribution is 2.79. The van der Waals surface area contributed by atoms with E-state index < -0.39 is 154 Å². The van der Waals surface area contributed by atoms with E-state index in [9.17, 15) is 60.7 Å². The number of amides is 1. The maximum Gasteiger partial charge on any atom is 0.310 e. The van der Waals surface area contributed by atoms with Crippen LogP contribution in [0.4, 0.5) is 5.82 Å². The molecule has 5 heterocycles. The number of aliphatic hydroxyl groups is 9. The number of rotatable bonds is 15. The summed E-state index contributed by atoms with van der Waals surface area (Å²) in [6.07, 6.45) is -1.53. The van der Waals surface area contributed by atoms with E-state index in [0.29, 0.717) is 63.0 Å². The molecule has 2 aromatic rings. The number of carbonyl (C=O) groups excluding carboxylic acids is 1. The lowest BCUT2D eigenvalue weighted by molar-refractivity contribution is -0.341. The zero-order valence-electron chi connectivity index (χ0n) is 45.3. The molecular weight excluding hydrogens is 997 g/mol. The van der Waals surface area contributed by atoms with Crippen LogP contribution in [-0.2, 0) is 25.5 Å². The second-order valence-electron chi connectivity index (χ2n) is 26.1. The first-order chi connectivity index (χ1) is 36.5. The normalized spacial score (nSPS) is 46.9. The Hall–Kier alpha value is -3.62. The number of nitrogens with zero attached hydrogens (tertiary/aromatic N) is 2. The minimum absolute atomic E-state index is 0.0474. The highest BCUT2D eigenvalue weighted by molar-refractivity contribution is 5.82. The van der Waals surface area contributed by atoms with Gasteiger partial charge in [-0.2, -0.15) is 0 Å². The van der Waals surface area contributed by atoms with Gasteiger partial charge in [-0.15, -0.1) is 0 Å². The summed E-state index contributed by atoms with van der Waals surface area (Å²) in [6, 6.07) is -0.934. The quantitative estimate of drug-likeness (QED) is 0.0622. The van der Waals surface area contributed by atoms with Gasteiger partial charge in [-0.25, -0.2) is 9.97 Å². The Balaban J connectivity index is 1.16. The van der Waals surface area contributed by atoms with Crippen molar-refractivity contribution < 1.29 is 70.1 Å². The molecule has 6 fully saturated rings. The van der Waals surface area contributed by atoms with E-state index in [1.54, 1.807) is 13.4 Å². The number of hydrogen-bond acceptors (Lipinski definition) is 18. The smallest absolute Gasteiger partial charge is 0.310 e. The van der Waals surface area contributed by atoms with Gasteiger partial charge in [0.2, 0.25) is 5.91 Å². The molecule has 22 nitrogen and oxygen atoms in total. The Bertz CT molecular complexity index is 2500. The minimum atomic E-state index is -1.73. The number of anilines is 1. The maximum absolute atomic E-state index is 14.4. The van der Waals surface area contributed by atoms with E-state index >= 15 is 0 Å². The van der Waals surface area contributed by atoms with Gasteiger partial charge in [0.25, 0.3) is 0 Å². The molecule has 17 N–H and O–H groups in total. The molecule has 2 aromatic heterocycles. The number of aromatic amines is 2. The van der Waals surface area contributed by atoms with Crippen molar-refractivity contribution in [3.8, 4) is 0 Å². The van der Waals surface area contributed by atoms with Gasteiger partial charge in [-0.1, -0.05) is 46.3 Å². The number of aliphatic carboxylic acids is 1. The van der Waals surface area contributed by atoms with Crippen molar-refractivity contribution in [1.29, 1.82) is 0 Å². The van der Waals surface area contributed by atoms with Crippen molar-refractivity contribution in [2.75, 3.05) is 51.9 Å². The molecule has 8 aliphatic rings. The highest BCUT2D eigenvalue weighted by Gasteiger charge is 2.77. The molecular formula is C55H86N8O14. The zero-order valence-corrected chi connectivity index (χ0v) is 45.3. The topological polar surface area (TPSA) is 374 Å². The molecule has 25 atom stereocenters. The van der Waals surface area contributed by atoms with Crippen molar-refractivity contribution in [2.24, 2.45) is 91.5 Å². The summed E-state index contributed by atoms with van der Waals surface area (Å²) in [5.74, 6) is -7.07. The van der Waals surface area contributed by atoms with Gasteiger partial charge in [-0.3, -0.25) is 9.59 Å². The second-order valence-corrected chi connectivity index (χ2v) is 26.1. The Morgan fingerprint density at radius 1 is 0.974 bits per heavy atom. The van der Waals surface area contributed by atoms with Crippen LogP contribution in [-0.4, -0.2) is 185 Å². The number of nitrogens with one attached hydrogen (secondary N) is 5. The van der Waals surface area contributed by atoms with Crippen LogP contribution < -0.4 is 21.7 Å². The van der Waals surface area contributed by atoms with E-state index in [0.717, 1.165) is 11.3 Å². The number of aliphatic hydroxyl groups excluding tert-OH is 9. The Kier molecular flexibility index (Phi) is 15.0. The standard InChI is InChI=1S/C55H86N8O14/c1-50(21-65)11-12-55(49(74)75)31(15-50)28-7-8-37-52(3,54(28,5)29-14-33-46(62-24-61-33)59-17-32(29)55)10-9-36-51(2,22-66)44(77-48-43(71)42(70)35(67)20-76-48)41(69)30(53(36,37)4)13-25-27(19-64)47(73)63-39(25)38(34-18-58-23-60-34)40(68)26(16-57-6)45(56)72/h7,18,23-27,29-32,35-45,48,57,59,64-72H,8-17,19-22,56H2,1-6H3,(H,58,60)(H,61,62)(H,63,73)(H,74,75). The van der Waals surface area contributed by atoms with Gasteiger partial charge < -0.3 is 92.2 Å². The first-order valence-electron chi connectivity index (χ1n) is 28.0. The monoisotopic (exact) mass is 1080 g/mol. The molecule has 4 saturated carbocycles. The van der Waals surface area contributed by atoms with Gasteiger partial charge in [0, 0.05) is 54.9 Å². The van der Waals surface area contributed by atoms with Crippen LogP contribution in [0.2, 0.25) is 0 Å². The summed E-state index contributed by atoms with van der Waals surface area (Å²) < 4.78 is 12.6. The van der Waals surface area contributed by atoms with E-state index in [2.05, 4.69) is 69.7 Å². The number of hydrogen-bond donors (Lipinski definition) is 16. The second kappa shape index (κ2) is 20.4. The maximum atomic E-state index is 14.4. The molecule has 0 radical (unpaired) electrons. The van der Waals surface area contributed by atoms with Crippen LogP contribution in [0.1, 0.15) is 96.9 Å². The number of fused-ring (bicyclic) bond motifs is 11. The molecule has 22 heteroatoms. The molecule has 1 amide bonds. The van der Waals surface area contributed by atoms with Crippen molar-refractivity contribution in [3.05, 3.63) is 41.9 Å². The van der Waals surface area contributed by atoms with Crippen LogP contribution in [0.5, 0.6) is 0 Å². The Morgan fingerprint density at radius 3 is 2.38 bits per heavy atom. The minimum Gasteiger partial charge on any atom is -0.481 e. The van der Waals surface area contributed by atoms with E-state index in [-0.39, 0.29) is 43.9 Å².